The molecule has 0 unspecified atom stereocenters. The van der Waals surface area contributed by atoms with E-state index in [1.165, 1.54) is 12.8 Å². The molecule has 2 saturated heterocycles. The maximum absolute atomic E-state index is 5.98. The minimum absolute atomic E-state index is 0.352. The lowest BCUT2D eigenvalue weighted by atomic mass is 9.71. The van der Waals surface area contributed by atoms with Crippen LogP contribution in [0.1, 0.15) is 18.7 Å². The van der Waals surface area contributed by atoms with Gasteiger partial charge in [-0.05, 0) is 19.8 Å². The number of aryl methyl sites for hydroxylation is 1. The molecule has 1 aliphatic carbocycles. The summed E-state index contributed by atoms with van der Waals surface area (Å²) in [6.07, 6.45) is 2.42. The molecule has 17 heavy (non-hydrogen) atoms. The third-order valence-corrected chi connectivity index (χ3v) is 4.02. The molecule has 92 valence electrons. The molecule has 4 nitrogen and oxygen atoms in total. The van der Waals surface area contributed by atoms with Crippen molar-refractivity contribution in [1.29, 1.82) is 0 Å². The van der Waals surface area contributed by atoms with E-state index < -0.39 is 0 Å². The van der Waals surface area contributed by atoms with E-state index in [2.05, 4.69) is 14.9 Å². The standard InChI is InChI=1S/C12H16ClN3O/c1-8-14-10(13)3-11(15-8)16-6-12(7-17-2)4-9(16)5-12/h3,9H,4-7H2,1-2H3. The summed E-state index contributed by atoms with van der Waals surface area (Å²) < 4.78 is 5.31. The predicted molar refractivity (Wildman–Crippen MR) is 66.5 cm³/mol. The molecule has 0 N–H and O–H groups in total. The Kier molecular flexibility index (Phi) is 2.52. The molecule has 3 aliphatic rings. The van der Waals surface area contributed by atoms with Crippen molar-refractivity contribution < 1.29 is 4.74 Å². The van der Waals surface area contributed by atoms with Gasteiger partial charge >= 0.3 is 0 Å². The number of rotatable bonds is 3. The summed E-state index contributed by atoms with van der Waals surface area (Å²) in [7, 11) is 1.77. The summed E-state index contributed by atoms with van der Waals surface area (Å²) in [6.45, 7) is 3.75. The van der Waals surface area contributed by atoms with Gasteiger partial charge in [0.15, 0.2) is 0 Å². The lowest BCUT2D eigenvalue weighted by Gasteiger charge is -2.36. The van der Waals surface area contributed by atoms with E-state index in [4.69, 9.17) is 16.3 Å². The fraction of sp³-hybridized carbons (Fsp3) is 0.667. The van der Waals surface area contributed by atoms with Gasteiger partial charge in [-0.15, -0.1) is 0 Å². The monoisotopic (exact) mass is 253 g/mol. The first kappa shape index (κ1) is 11.2. The average Bonchev–Trinajstić information content (AvgIpc) is 2.71. The van der Waals surface area contributed by atoms with Crippen molar-refractivity contribution in [1.82, 2.24) is 9.97 Å². The van der Waals surface area contributed by atoms with E-state index >= 15 is 0 Å². The van der Waals surface area contributed by atoms with E-state index in [1.807, 2.05) is 13.0 Å². The van der Waals surface area contributed by atoms with Crippen LogP contribution in [0.4, 0.5) is 5.82 Å². The molecule has 1 aromatic rings. The van der Waals surface area contributed by atoms with Crippen LogP contribution in [-0.4, -0.2) is 36.3 Å². The highest BCUT2D eigenvalue weighted by Crippen LogP contribution is 2.52. The van der Waals surface area contributed by atoms with E-state index in [9.17, 15) is 0 Å². The first-order valence-corrected chi connectivity index (χ1v) is 6.26. The highest BCUT2D eigenvalue weighted by molar-refractivity contribution is 6.29. The minimum atomic E-state index is 0.352. The van der Waals surface area contributed by atoms with Crippen molar-refractivity contribution >= 4 is 17.4 Å². The average molecular weight is 254 g/mol. The van der Waals surface area contributed by atoms with Crippen LogP contribution >= 0.6 is 11.6 Å². The van der Waals surface area contributed by atoms with E-state index in [-0.39, 0.29) is 0 Å². The van der Waals surface area contributed by atoms with Crippen molar-refractivity contribution in [3.05, 3.63) is 17.0 Å². The van der Waals surface area contributed by atoms with Crippen molar-refractivity contribution in [2.24, 2.45) is 5.41 Å². The van der Waals surface area contributed by atoms with E-state index in [0.29, 0.717) is 16.6 Å². The normalized spacial score (nSPS) is 30.5. The highest BCUT2D eigenvalue weighted by atomic mass is 35.5. The summed E-state index contributed by atoms with van der Waals surface area (Å²) in [5.41, 5.74) is 0.352. The molecule has 3 heterocycles. The van der Waals surface area contributed by atoms with Gasteiger partial charge < -0.3 is 9.64 Å². The maximum Gasteiger partial charge on any atom is 0.134 e. The molecule has 0 radical (unpaired) electrons. The van der Waals surface area contributed by atoms with Gasteiger partial charge in [0.1, 0.15) is 16.8 Å². The van der Waals surface area contributed by atoms with Gasteiger partial charge in [-0.3, -0.25) is 0 Å². The van der Waals surface area contributed by atoms with Crippen LogP contribution in [0.25, 0.3) is 0 Å². The molecule has 0 atom stereocenters. The number of nitrogens with zero attached hydrogens (tertiary/aromatic N) is 3. The summed E-state index contributed by atoms with van der Waals surface area (Å²) in [6, 6.07) is 2.46. The third-order valence-electron chi connectivity index (χ3n) is 3.82. The quantitative estimate of drug-likeness (QED) is 0.773. The Morgan fingerprint density at radius 2 is 2.29 bits per heavy atom. The van der Waals surface area contributed by atoms with E-state index in [0.717, 1.165) is 24.8 Å². The molecule has 0 spiro atoms. The number of fused-ring (bicyclic) bond motifs is 1. The van der Waals surface area contributed by atoms with Crippen LogP contribution in [0.3, 0.4) is 0 Å². The van der Waals surface area contributed by atoms with Gasteiger partial charge in [0.25, 0.3) is 0 Å². The number of halogens is 1. The molecule has 0 amide bonds. The Morgan fingerprint density at radius 3 is 2.94 bits per heavy atom. The van der Waals surface area contributed by atoms with Crippen molar-refractivity contribution in [3.8, 4) is 0 Å². The van der Waals surface area contributed by atoms with Crippen LogP contribution in [0.2, 0.25) is 5.15 Å². The minimum Gasteiger partial charge on any atom is -0.384 e. The summed E-state index contributed by atoms with van der Waals surface area (Å²) in [5.74, 6) is 1.69. The molecule has 1 aromatic heterocycles. The van der Waals surface area contributed by atoms with Gasteiger partial charge in [0.2, 0.25) is 0 Å². The number of aromatic nitrogens is 2. The number of ether oxygens (including phenoxy) is 1. The van der Waals surface area contributed by atoms with Crippen LogP contribution in [-0.2, 0) is 4.74 Å². The molecule has 5 heteroatoms. The van der Waals surface area contributed by atoms with Gasteiger partial charge in [-0.25, -0.2) is 9.97 Å². The fourth-order valence-electron chi connectivity index (χ4n) is 3.18. The zero-order chi connectivity index (χ0) is 12.0. The van der Waals surface area contributed by atoms with Crippen LogP contribution < -0.4 is 4.90 Å². The molecule has 3 fully saturated rings. The first-order valence-electron chi connectivity index (χ1n) is 5.89. The van der Waals surface area contributed by atoms with Crippen LogP contribution in [0, 0.1) is 12.3 Å². The zero-order valence-electron chi connectivity index (χ0n) is 10.1. The smallest absolute Gasteiger partial charge is 0.134 e. The summed E-state index contributed by atoms with van der Waals surface area (Å²) in [5, 5.41) is 0.525. The topological polar surface area (TPSA) is 38.2 Å². The highest BCUT2D eigenvalue weighted by Gasteiger charge is 2.55. The van der Waals surface area contributed by atoms with Crippen molar-refractivity contribution in [2.45, 2.75) is 25.8 Å². The Balaban J connectivity index is 1.83. The first-order chi connectivity index (χ1) is 8.12. The SMILES string of the molecule is COCC12CC(C1)N(c1cc(Cl)nc(C)n1)C2. The predicted octanol–water partition coefficient (Wildman–Crippen LogP) is 2.05. The van der Waals surface area contributed by atoms with Gasteiger partial charge in [-0.1, -0.05) is 11.6 Å². The number of hydrogen-bond donors (Lipinski definition) is 0. The second-order valence-corrected chi connectivity index (χ2v) is 5.61. The van der Waals surface area contributed by atoms with Gasteiger partial charge in [-0.2, -0.15) is 0 Å². The number of hydrogen-bond acceptors (Lipinski definition) is 4. The van der Waals surface area contributed by atoms with Crippen LogP contribution in [0.5, 0.6) is 0 Å². The number of methoxy groups -OCH3 is 1. The Labute approximate surface area is 106 Å². The third kappa shape index (κ3) is 1.79. The molecule has 2 bridgehead atoms. The zero-order valence-corrected chi connectivity index (χ0v) is 10.9. The molecular formula is C12H16ClN3O. The lowest BCUT2D eigenvalue weighted by Crippen LogP contribution is -2.37. The summed E-state index contributed by atoms with van der Waals surface area (Å²) in [4.78, 5) is 10.9. The Hall–Kier alpha value is -0.870. The maximum atomic E-state index is 5.98. The largest absolute Gasteiger partial charge is 0.384 e. The van der Waals surface area contributed by atoms with Gasteiger partial charge in [0.05, 0.1) is 6.61 Å². The summed E-state index contributed by atoms with van der Waals surface area (Å²) >= 11 is 5.98. The molecule has 0 aromatic carbocycles. The van der Waals surface area contributed by atoms with Gasteiger partial charge in [0, 0.05) is 31.2 Å². The van der Waals surface area contributed by atoms with Crippen molar-refractivity contribution in [3.63, 3.8) is 0 Å². The second kappa shape index (κ2) is 3.82. The molecular weight excluding hydrogens is 238 g/mol. The Bertz CT molecular complexity index is 425. The molecule has 1 saturated carbocycles. The van der Waals surface area contributed by atoms with Crippen LogP contribution in [0.15, 0.2) is 6.07 Å². The fourth-order valence-corrected chi connectivity index (χ4v) is 3.40. The second-order valence-electron chi connectivity index (χ2n) is 5.22. The molecule has 4 rings (SSSR count). The molecule has 2 aliphatic heterocycles. The van der Waals surface area contributed by atoms with Crippen molar-refractivity contribution in [2.75, 3.05) is 25.2 Å². The number of anilines is 1. The van der Waals surface area contributed by atoms with E-state index in [1.54, 1.807) is 7.11 Å². The Morgan fingerprint density at radius 1 is 1.53 bits per heavy atom. The lowest BCUT2D eigenvalue weighted by molar-refractivity contribution is 0.0521.